The summed E-state index contributed by atoms with van der Waals surface area (Å²) in [6, 6.07) is 6.82. The van der Waals surface area contributed by atoms with Crippen molar-refractivity contribution in [1.82, 2.24) is 0 Å². The van der Waals surface area contributed by atoms with Gasteiger partial charge in [0, 0.05) is 6.42 Å². The molecular weight excluding hydrogens is 252 g/mol. The van der Waals surface area contributed by atoms with Crippen molar-refractivity contribution in [3.63, 3.8) is 0 Å². The summed E-state index contributed by atoms with van der Waals surface area (Å²) in [4.78, 5) is 0.302. The van der Waals surface area contributed by atoms with Crippen LogP contribution in [0.25, 0.3) is 0 Å². The van der Waals surface area contributed by atoms with Crippen LogP contribution in [0.5, 0.6) is 0 Å². The number of hydrogen-bond donors (Lipinski definition) is 0. The van der Waals surface area contributed by atoms with Crippen molar-refractivity contribution in [3.05, 3.63) is 29.8 Å². The normalized spacial score (nSPS) is 23.8. The topological polar surface area (TPSA) is 52.6 Å². The molecule has 1 saturated heterocycles. The van der Waals surface area contributed by atoms with Gasteiger partial charge in [0.1, 0.15) is 0 Å². The van der Waals surface area contributed by atoms with Gasteiger partial charge in [-0.2, -0.15) is 0 Å². The van der Waals surface area contributed by atoms with Gasteiger partial charge in [0.15, 0.2) is 11.2 Å². The Hall–Kier alpha value is -0.910. The van der Waals surface area contributed by atoms with E-state index in [1.54, 1.807) is 38.1 Å². The van der Waals surface area contributed by atoms with Gasteiger partial charge in [0.25, 0.3) is 0 Å². The number of sulfone groups is 1. The number of rotatable bonds is 2. The van der Waals surface area contributed by atoms with E-state index in [2.05, 4.69) is 0 Å². The molecule has 1 atom stereocenters. The first-order valence-electron chi connectivity index (χ1n) is 5.94. The average Bonchev–Trinajstić information content (AvgIpc) is 2.28. The van der Waals surface area contributed by atoms with Crippen LogP contribution in [0, 0.1) is 6.92 Å². The van der Waals surface area contributed by atoms with Crippen LogP contribution < -0.4 is 0 Å². The highest BCUT2D eigenvalue weighted by molar-refractivity contribution is 7.91. The third kappa shape index (κ3) is 2.74. The number of ether oxygens (including phenoxy) is 2. The van der Waals surface area contributed by atoms with Crippen LogP contribution in [0.1, 0.15) is 25.8 Å². The van der Waals surface area contributed by atoms with Crippen LogP contribution in [-0.2, 0) is 19.3 Å². The highest BCUT2D eigenvalue weighted by Gasteiger charge is 2.37. The van der Waals surface area contributed by atoms with Crippen LogP contribution >= 0.6 is 0 Å². The maximum absolute atomic E-state index is 12.4. The highest BCUT2D eigenvalue weighted by atomic mass is 32.2. The molecule has 0 aliphatic carbocycles. The minimum absolute atomic E-state index is 0.302. The first-order valence-corrected chi connectivity index (χ1v) is 7.48. The fraction of sp³-hybridized carbons (Fsp3) is 0.538. The smallest absolute Gasteiger partial charge is 0.205 e. The Morgan fingerprint density at radius 2 is 1.83 bits per heavy atom. The second-order valence-corrected chi connectivity index (χ2v) is 7.03. The number of benzene rings is 1. The first-order chi connectivity index (χ1) is 8.31. The number of aryl methyl sites for hydroxylation is 1. The van der Waals surface area contributed by atoms with Gasteiger partial charge in [0.05, 0.1) is 11.5 Å². The Morgan fingerprint density at radius 1 is 1.22 bits per heavy atom. The summed E-state index contributed by atoms with van der Waals surface area (Å²) in [7, 11) is -3.45. The monoisotopic (exact) mass is 270 g/mol. The zero-order chi connectivity index (χ0) is 13.4. The Labute approximate surface area is 108 Å². The molecule has 2 rings (SSSR count). The van der Waals surface area contributed by atoms with Crippen molar-refractivity contribution in [3.8, 4) is 0 Å². The molecule has 0 spiro atoms. The van der Waals surface area contributed by atoms with Crippen LogP contribution in [0.4, 0.5) is 0 Å². The van der Waals surface area contributed by atoms with Gasteiger partial charge < -0.3 is 9.47 Å². The molecule has 1 aliphatic heterocycles. The Morgan fingerprint density at radius 3 is 2.39 bits per heavy atom. The van der Waals surface area contributed by atoms with Gasteiger partial charge in [-0.3, -0.25) is 0 Å². The standard InChI is InChI=1S/C13H18O4S/c1-10-4-6-11(7-5-10)18(14,15)12-8-9-16-13(2,3)17-12/h4-7,12H,8-9H2,1-3H3. The molecule has 0 aromatic heterocycles. The molecule has 0 bridgehead atoms. The van der Waals surface area contributed by atoms with Crippen LogP contribution in [0.2, 0.25) is 0 Å². The van der Waals surface area contributed by atoms with Crippen LogP contribution in [0.15, 0.2) is 29.2 Å². The van der Waals surface area contributed by atoms with Crippen molar-refractivity contribution in [2.75, 3.05) is 6.61 Å². The summed E-state index contributed by atoms with van der Waals surface area (Å²) in [5.74, 6) is -0.847. The van der Waals surface area contributed by atoms with Gasteiger partial charge >= 0.3 is 0 Å². The van der Waals surface area contributed by atoms with Crippen molar-refractivity contribution < 1.29 is 17.9 Å². The van der Waals surface area contributed by atoms with Gasteiger partial charge in [-0.05, 0) is 32.9 Å². The Kier molecular flexibility index (Phi) is 3.49. The molecule has 1 unspecified atom stereocenters. The summed E-state index contributed by atoms with van der Waals surface area (Å²) in [6.07, 6.45) is 0.361. The van der Waals surface area contributed by atoms with Crippen molar-refractivity contribution >= 4 is 9.84 Å². The lowest BCUT2D eigenvalue weighted by molar-refractivity contribution is -0.255. The maximum atomic E-state index is 12.4. The van der Waals surface area contributed by atoms with E-state index < -0.39 is 21.1 Å². The molecule has 1 fully saturated rings. The maximum Gasteiger partial charge on any atom is 0.205 e. The molecule has 18 heavy (non-hydrogen) atoms. The minimum atomic E-state index is -3.45. The van der Waals surface area contributed by atoms with Crippen molar-refractivity contribution in [1.29, 1.82) is 0 Å². The fourth-order valence-corrected chi connectivity index (χ4v) is 3.49. The van der Waals surface area contributed by atoms with Gasteiger partial charge in [-0.15, -0.1) is 0 Å². The van der Waals surface area contributed by atoms with Crippen LogP contribution in [0.3, 0.4) is 0 Å². The molecule has 100 valence electrons. The van der Waals surface area contributed by atoms with E-state index in [0.29, 0.717) is 17.9 Å². The highest BCUT2D eigenvalue weighted by Crippen LogP contribution is 2.29. The SMILES string of the molecule is Cc1ccc(S(=O)(=O)C2CCOC(C)(C)O2)cc1. The van der Waals surface area contributed by atoms with Gasteiger partial charge in [-0.1, -0.05) is 17.7 Å². The van der Waals surface area contributed by atoms with E-state index in [1.165, 1.54) is 0 Å². The molecule has 1 aliphatic rings. The molecule has 5 heteroatoms. The molecule has 4 nitrogen and oxygen atoms in total. The molecule has 1 heterocycles. The summed E-state index contributed by atoms with van der Waals surface area (Å²) in [6.45, 7) is 5.76. The zero-order valence-electron chi connectivity index (χ0n) is 10.8. The Bertz CT molecular complexity index is 516. The summed E-state index contributed by atoms with van der Waals surface area (Å²) in [5.41, 5.74) is 0.200. The van der Waals surface area contributed by atoms with E-state index in [-0.39, 0.29) is 0 Å². The van der Waals surface area contributed by atoms with Gasteiger partial charge in [0.2, 0.25) is 9.84 Å². The summed E-state index contributed by atoms with van der Waals surface area (Å²) in [5, 5.41) is 0. The first kappa shape index (κ1) is 13.5. The molecule has 1 aromatic rings. The van der Waals surface area contributed by atoms with Crippen molar-refractivity contribution in [2.24, 2.45) is 0 Å². The van der Waals surface area contributed by atoms with E-state index >= 15 is 0 Å². The second kappa shape index (κ2) is 4.64. The van der Waals surface area contributed by atoms with E-state index in [1.807, 2.05) is 6.92 Å². The lowest BCUT2D eigenvalue weighted by Crippen LogP contribution is -2.43. The zero-order valence-corrected chi connectivity index (χ0v) is 11.7. The lowest BCUT2D eigenvalue weighted by Gasteiger charge is -2.35. The predicted molar refractivity (Wildman–Crippen MR) is 67.9 cm³/mol. The van der Waals surface area contributed by atoms with Gasteiger partial charge in [-0.25, -0.2) is 8.42 Å². The van der Waals surface area contributed by atoms with E-state index in [9.17, 15) is 8.42 Å². The second-order valence-electron chi connectivity index (χ2n) is 4.94. The fourth-order valence-electron chi connectivity index (χ4n) is 1.91. The van der Waals surface area contributed by atoms with Crippen LogP contribution in [-0.4, -0.2) is 26.2 Å². The number of hydrogen-bond acceptors (Lipinski definition) is 4. The third-order valence-corrected chi connectivity index (χ3v) is 4.87. The van der Waals surface area contributed by atoms with E-state index in [4.69, 9.17) is 9.47 Å². The predicted octanol–water partition coefficient (Wildman–Crippen LogP) is 2.27. The van der Waals surface area contributed by atoms with Crippen molar-refractivity contribution in [2.45, 2.75) is 43.3 Å². The molecule has 1 aromatic carbocycles. The molecule has 0 saturated carbocycles. The largest absolute Gasteiger partial charge is 0.350 e. The minimum Gasteiger partial charge on any atom is -0.350 e. The third-order valence-electron chi connectivity index (χ3n) is 2.91. The summed E-state index contributed by atoms with van der Waals surface area (Å²) < 4.78 is 35.7. The summed E-state index contributed by atoms with van der Waals surface area (Å²) >= 11 is 0. The van der Waals surface area contributed by atoms with E-state index in [0.717, 1.165) is 5.56 Å². The average molecular weight is 270 g/mol. The lowest BCUT2D eigenvalue weighted by atomic mass is 10.2. The quantitative estimate of drug-likeness (QED) is 0.827. The molecule has 0 N–H and O–H groups in total. The molecular formula is C13H18O4S. The molecule has 0 radical (unpaired) electrons. The Balaban J connectivity index is 2.28. The molecule has 0 amide bonds.